The maximum absolute atomic E-state index is 13.1. The van der Waals surface area contributed by atoms with Crippen molar-refractivity contribution in [1.29, 1.82) is 0 Å². The number of amides is 1. The van der Waals surface area contributed by atoms with Crippen LogP contribution in [0.15, 0.2) is 41.9 Å². The van der Waals surface area contributed by atoms with Gasteiger partial charge in [-0.15, -0.1) is 11.3 Å². The molecular weight excluding hydrogens is 442 g/mol. The quantitative estimate of drug-likeness (QED) is 0.359. The summed E-state index contributed by atoms with van der Waals surface area (Å²) in [6.07, 6.45) is 10.5. The van der Waals surface area contributed by atoms with Crippen molar-refractivity contribution < 1.29 is 4.79 Å². The second-order valence-electron chi connectivity index (χ2n) is 10.7. The van der Waals surface area contributed by atoms with Crippen LogP contribution in [0.3, 0.4) is 0 Å². The van der Waals surface area contributed by atoms with E-state index in [-0.39, 0.29) is 11.3 Å². The van der Waals surface area contributed by atoms with E-state index >= 15 is 0 Å². The Hall–Kier alpha value is -2.51. The van der Waals surface area contributed by atoms with E-state index in [1.54, 1.807) is 11.3 Å². The van der Waals surface area contributed by atoms with Crippen LogP contribution < -0.4 is 16.0 Å². The molecule has 1 aromatic carbocycles. The molecule has 7 heteroatoms. The van der Waals surface area contributed by atoms with Crippen LogP contribution in [-0.4, -0.2) is 29.0 Å². The van der Waals surface area contributed by atoms with Crippen molar-refractivity contribution in [2.24, 2.45) is 23.2 Å². The first kappa shape index (κ1) is 22.0. The number of anilines is 2. The lowest BCUT2D eigenvalue weighted by molar-refractivity contribution is -0.124. The van der Waals surface area contributed by atoms with Gasteiger partial charge in [-0.3, -0.25) is 4.79 Å². The summed E-state index contributed by atoms with van der Waals surface area (Å²) in [7, 11) is 0. The minimum Gasteiger partial charge on any atom is -0.369 e. The monoisotopic (exact) mass is 475 g/mol. The van der Waals surface area contributed by atoms with E-state index in [2.05, 4.69) is 27.0 Å². The van der Waals surface area contributed by atoms with Crippen molar-refractivity contribution >= 4 is 39.7 Å². The first-order valence-electron chi connectivity index (χ1n) is 12.7. The van der Waals surface area contributed by atoms with Gasteiger partial charge in [0.15, 0.2) is 0 Å². The molecule has 4 fully saturated rings. The second-order valence-corrected chi connectivity index (χ2v) is 11.7. The van der Waals surface area contributed by atoms with Gasteiger partial charge in [0, 0.05) is 43.0 Å². The highest BCUT2D eigenvalue weighted by Gasteiger charge is 2.51. The standard InChI is InChI=1S/C27H33N5OS/c33-25(16-27-13-18-10-19(14-27)12-20(11-18)15-27)32-23-3-1-2-22-21(23)4-5-24(31-22)29-7-6-28-17-26-30-8-9-34-26/h1-5,8-9,18-20,28H,6-7,10-17H2,(H,29,31)(H,32,33). The number of nitrogens with zero attached hydrogens (tertiary/aromatic N) is 2. The molecule has 6 nitrogen and oxygen atoms in total. The molecule has 2 heterocycles. The Morgan fingerprint density at radius 3 is 2.56 bits per heavy atom. The number of carbonyl (C=O) groups is 1. The van der Waals surface area contributed by atoms with Crippen molar-refractivity contribution in [1.82, 2.24) is 15.3 Å². The molecule has 4 aliphatic carbocycles. The molecule has 0 spiro atoms. The Kier molecular flexibility index (Phi) is 5.99. The van der Waals surface area contributed by atoms with Crippen LogP contribution in [0, 0.1) is 23.2 Å². The summed E-state index contributed by atoms with van der Waals surface area (Å²) in [6, 6.07) is 10.0. The Bertz CT molecular complexity index is 1130. The Balaban J connectivity index is 1.06. The summed E-state index contributed by atoms with van der Waals surface area (Å²) in [5, 5.41) is 14.1. The first-order chi connectivity index (χ1) is 16.6. The number of hydrogen-bond acceptors (Lipinski definition) is 6. The normalized spacial score (nSPS) is 27.2. The van der Waals surface area contributed by atoms with Crippen molar-refractivity contribution in [3.63, 3.8) is 0 Å². The lowest BCUT2D eigenvalue weighted by atomic mass is 9.49. The maximum atomic E-state index is 13.1. The van der Waals surface area contributed by atoms with Gasteiger partial charge in [0.1, 0.15) is 10.8 Å². The Morgan fingerprint density at radius 2 is 1.82 bits per heavy atom. The average Bonchev–Trinajstić information content (AvgIpc) is 3.31. The van der Waals surface area contributed by atoms with Crippen LogP contribution in [0.2, 0.25) is 0 Å². The Morgan fingerprint density at radius 1 is 1.03 bits per heavy atom. The third kappa shape index (κ3) is 4.68. The molecule has 0 unspecified atom stereocenters. The molecule has 0 aliphatic heterocycles. The SMILES string of the molecule is O=C(CC12CC3CC(CC(C3)C1)C2)Nc1cccc2nc(NCCNCc3nccs3)ccc12. The van der Waals surface area contributed by atoms with E-state index in [0.717, 1.165) is 64.8 Å². The van der Waals surface area contributed by atoms with Gasteiger partial charge >= 0.3 is 0 Å². The number of pyridine rings is 1. The average molecular weight is 476 g/mol. The van der Waals surface area contributed by atoms with Crippen LogP contribution in [0.1, 0.15) is 50.0 Å². The van der Waals surface area contributed by atoms with Gasteiger partial charge in [-0.05, 0) is 86.0 Å². The van der Waals surface area contributed by atoms with Gasteiger partial charge in [0.05, 0.1) is 11.2 Å². The topological polar surface area (TPSA) is 78.9 Å². The molecule has 1 amide bonds. The largest absolute Gasteiger partial charge is 0.369 e. The number of thiazole rings is 1. The van der Waals surface area contributed by atoms with Crippen LogP contribution in [0.4, 0.5) is 11.5 Å². The zero-order valence-electron chi connectivity index (χ0n) is 19.6. The third-order valence-electron chi connectivity index (χ3n) is 8.07. The molecule has 2 aromatic heterocycles. The predicted molar refractivity (Wildman–Crippen MR) is 138 cm³/mol. The smallest absolute Gasteiger partial charge is 0.224 e. The summed E-state index contributed by atoms with van der Waals surface area (Å²) < 4.78 is 0. The fourth-order valence-corrected chi connectivity index (χ4v) is 7.80. The fourth-order valence-electron chi connectivity index (χ4n) is 7.22. The molecule has 4 aliphatic rings. The van der Waals surface area contributed by atoms with Gasteiger partial charge in [0.2, 0.25) is 5.91 Å². The van der Waals surface area contributed by atoms with Gasteiger partial charge in [-0.25, -0.2) is 9.97 Å². The summed E-state index contributed by atoms with van der Waals surface area (Å²) in [5.41, 5.74) is 2.02. The summed E-state index contributed by atoms with van der Waals surface area (Å²) in [5.74, 6) is 3.63. The number of nitrogens with one attached hydrogen (secondary N) is 3. The highest BCUT2D eigenvalue weighted by atomic mass is 32.1. The maximum Gasteiger partial charge on any atom is 0.224 e. The molecule has 3 aromatic rings. The highest BCUT2D eigenvalue weighted by molar-refractivity contribution is 7.09. The molecule has 34 heavy (non-hydrogen) atoms. The van der Waals surface area contributed by atoms with Gasteiger partial charge < -0.3 is 16.0 Å². The third-order valence-corrected chi connectivity index (χ3v) is 8.85. The molecule has 178 valence electrons. The van der Waals surface area contributed by atoms with E-state index in [9.17, 15) is 4.79 Å². The molecule has 7 rings (SSSR count). The molecule has 4 bridgehead atoms. The summed E-state index contributed by atoms with van der Waals surface area (Å²) in [4.78, 5) is 22.2. The minimum absolute atomic E-state index is 0.169. The van der Waals surface area contributed by atoms with E-state index in [4.69, 9.17) is 4.98 Å². The molecule has 0 atom stereocenters. The number of carbonyl (C=O) groups excluding carboxylic acids is 1. The minimum atomic E-state index is 0.169. The van der Waals surface area contributed by atoms with E-state index < -0.39 is 0 Å². The molecule has 0 radical (unpaired) electrons. The second kappa shape index (κ2) is 9.27. The van der Waals surface area contributed by atoms with Crippen molar-refractivity contribution in [3.8, 4) is 0 Å². The predicted octanol–water partition coefficient (Wildman–Crippen LogP) is 5.44. The van der Waals surface area contributed by atoms with Crippen molar-refractivity contribution in [2.45, 2.75) is 51.5 Å². The number of hydrogen-bond donors (Lipinski definition) is 3. The Labute approximate surface area is 205 Å². The van der Waals surface area contributed by atoms with Crippen LogP contribution >= 0.6 is 11.3 Å². The van der Waals surface area contributed by atoms with Crippen LogP contribution in [0.5, 0.6) is 0 Å². The molecule has 0 saturated heterocycles. The van der Waals surface area contributed by atoms with Gasteiger partial charge in [-0.2, -0.15) is 0 Å². The molecule has 3 N–H and O–H groups in total. The summed E-state index contributed by atoms with van der Waals surface area (Å²) >= 11 is 1.66. The van der Waals surface area contributed by atoms with E-state index in [1.165, 1.54) is 38.5 Å². The van der Waals surface area contributed by atoms with Crippen LogP contribution in [-0.2, 0) is 11.3 Å². The number of aromatic nitrogens is 2. The lowest BCUT2D eigenvalue weighted by Gasteiger charge is -2.56. The molecular formula is C27H33N5OS. The van der Waals surface area contributed by atoms with Gasteiger partial charge in [0.25, 0.3) is 0 Å². The number of benzene rings is 1. The van der Waals surface area contributed by atoms with Crippen molar-refractivity contribution in [2.75, 3.05) is 23.7 Å². The zero-order valence-corrected chi connectivity index (χ0v) is 20.4. The van der Waals surface area contributed by atoms with Crippen molar-refractivity contribution in [3.05, 3.63) is 46.9 Å². The lowest BCUT2D eigenvalue weighted by Crippen LogP contribution is -2.47. The van der Waals surface area contributed by atoms with E-state index in [0.29, 0.717) is 6.42 Å². The fraction of sp³-hybridized carbons (Fsp3) is 0.519. The van der Waals surface area contributed by atoms with E-state index in [1.807, 2.05) is 35.8 Å². The molecule has 4 saturated carbocycles. The number of rotatable bonds is 9. The number of fused-ring (bicyclic) bond motifs is 1. The summed E-state index contributed by atoms with van der Waals surface area (Å²) in [6.45, 7) is 2.40. The van der Waals surface area contributed by atoms with Crippen LogP contribution in [0.25, 0.3) is 10.9 Å². The highest BCUT2D eigenvalue weighted by Crippen LogP contribution is 2.61. The van der Waals surface area contributed by atoms with Gasteiger partial charge in [-0.1, -0.05) is 6.07 Å². The first-order valence-corrected chi connectivity index (χ1v) is 13.5. The zero-order chi connectivity index (χ0) is 23.0.